The maximum Gasteiger partial charge on any atom is 0.178 e. The van der Waals surface area contributed by atoms with E-state index in [0.717, 1.165) is 18.7 Å². The first-order valence-corrected chi connectivity index (χ1v) is 5.48. The fourth-order valence-corrected chi connectivity index (χ4v) is 2.17. The lowest BCUT2D eigenvalue weighted by atomic mass is 10.1. The van der Waals surface area contributed by atoms with Gasteiger partial charge in [0.2, 0.25) is 0 Å². The van der Waals surface area contributed by atoms with Crippen molar-refractivity contribution in [3.05, 3.63) is 24.7 Å². The first-order chi connectivity index (χ1) is 7.45. The largest absolute Gasteiger partial charge is 0.367 e. The molecule has 1 fully saturated rings. The predicted molar refractivity (Wildman–Crippen MR) is 59.1 cm³/mol. The molecule has 0 aromatic carbocycles. The van der Waals surface area contributed by atoms with Gasteiger partial charge >= 0.3 is 0 Å². The van der Waals surface area contributed by atoms with Crippen LogP contribution in [0, 0.1) is 0 Å². The SMILES string of the molecule is c1cnc2c(N3CCCCC3)cnn2c1. The third kappa shape index (κ3) is 1.46. The smallest absolute Gasteiger partial charge is 0.178 e. The number of hydrogen-bond acceptors (Lipinski definition) is 3. The number of anilines is 1. The van der Waals surface area contributed by atoms with Crippen LogP contribution in [0.3, 0.4) is 0 Å². The normalized spacial score (nSPS) is 17.2. The minimum absolute atomic E-state index is 0.972. The summed E-state index contributed by atoms with van der Waals surface area (Å²) >= 11 is 0. The molecule has 1 aliphatic heterocycles. The summed E-state index contributed by atoms with van der Waals surface area (Å²) in [5, 5.41) is 4.31. The van der Waals surface area contributed by atoms with Gasteiger partial charge < -0.3 is 4.90 Å². The molecule has 0 radical (unpaired) electrons. The van der Waals surface area contributed by atoms with Gasteiger partial charge in [0.1, 0.15) is 5.69 Å². The van der Waals surface area contributed by atoms with Crippen LogP contribution in [-0.4, -0.2) is 27.7 Å². The second kappa shape index (κ2) is 3.53. The Bertz CT molecular complexity index is 456. The third-order valence-electron chi connectivity index (χ3n) is 2.96. The molecule has 0 N–H and O–H groups in total. The van der Waals surface area contributed by atoms with E-state index in [4.69, 9.17) is 0 Å². The quantitative estimate of drug-likeness (QED) is 0.706. The first kappa shape index (κ1) is 8.71. The zero-order chi connectivity index (χ0) is 10.1. The van der Waals surface area contributed by atoms with Crippen molar-refractivity contribution in [1.29, 1.82) is 0 Å². The second-order valence-electron chi connectivity index (χ2n) is 3.97. The van der Waals surface area contributed by atoms with Crippen molar-refractivity contribution >= 4 is 11.3 Å². The van der Waals surface area contributed by atoms with Crippen LogP contribution in [0.4, 0.5) is 5.69 Å². The molecule has 0 atom stereocenters. The fourth-order valence-electron chi connectivity index (χ4n) is 2.17. The van der Waals surface area contributed by atoms with Crippen molar-refractivity contribution in [1.82, 2.24) is 14.6 Å². The van der Waals surface area contributed by atoms with Crippen LogP contribution in [0.1, 0.15) is 19.3 Å². The maximum absolute atomic E-state index is 4.38. The number of rotatable bonds is 1. The van der Waals surface area contributed by atoms with E-state index in [2.05, 4.69) is 15.0 Å². The molecular formula is C11H14N4. The molecule has 3 heterocycles. The molecule has 4 heteroatoms. The van der Waals surface area contributed by atoms with Gasteiger partial charge in [0.05, 0.1) is 6.20 Å². The number of nitrogens with zero attached hydrogens (tertiary/aromatic N) is 4. The highest BCUT2D eigenvalue weighted by molar-refractivity contribution is 5.67. The summed E-state index contributed by atoms with van der Waals surface area (Å²) < 4.78 is 1.84. The van der Waals surface area contributed by atoms with Crippen LogP contribution < -0.4 is 4.90 Å². The lowest BCUT2D eigenvalue weighted by Gasteiger charge is -2.27. The highest BCUT2D eigenvalue weighted by atomic mass is 15.3. The molecule has 2 aromatic rings. The number of piperidine rings is 1. The van der Waals surface area contributed by atoms with Gasteiger partial charge in [-0.2, -0.15) is 5.10 Å². The van der Waals surface area contributed by atoms with Crippen molar-refractivity contribution < 1.29 is 0 Å². The predicted octanol–water partition coefficient (Wildman–Crippen LogP) is 1.72. The van der Waals surface area contributed by atoms with E-state index in [9.17, 15) is 0 Å². The van der Waals surface area contributed by atoms with E-state index in [1.54, 1.807) is 0 Å². The molecule has 0 amide bonds. The van der Waals surface area contributed by atoms with Crippen LogP contribution in [0.25, 0.3) is 5.65 Å². The Kier molecular flexibility index (Phi) is 2.05. The van der Waals surface area contributed by atoms with Crippen molar-refractivity contribution in [2.75, 3.05) is 18.0 Å². The lowest BCUT2D eigenvalue weighted by molar-refractivity contribution is 0.578. The van der Waals surface area contributed by atoms with E-state index in [1.807, 2.05) is 29.2 Å². The Morgan fingerprint density at radius 1 is 1.13 bits per heavy atom. The van der Waals surface area contributed by atoms with Crippen LogP contribution >= 0.6 is 0 Å². The molecule has 78 valence electrons. The van der Waals surface area contributed by atoms with Gasteiger partial charge in [-0.15, -0.1) is 0 Å². The summed E-state index contributed by atoms with van der Waals surface area (Å²) in [7, 11) is 0. The van der Waals surface area contributed by atoms with Crippen molar-refractivity contribution in [3.63, 3.8) is 0 Å². The fraction of sp³-hybridized carbons (Fsp3) is 0.455. The molecule has 3 rings (SSSR count). The van der Waals surface area contributed by atoms with Gasteiger partial charge in [0.25, 0.3) is 0 Å². The molecule has 1 saturated heterocycles. The molecule has 4 nitrogen and oxygen atoms in total. The van der Waals surface area contributed by atoms with Crippen LogP contribution in [-0.2, 0) is 0 Å². The van der Waals surface area contributed by atoms with Gasteiger partial charge in [-0.3, -0.25) is 0 Å². The molecule has 0 unspecified atom stereocenters. The second-order valence-corrected chi connectivity index (χ2v) is 3.97. The highest BCUT2D eigenvalue weighted by Crippen LogP contribution is 2.22. The van der Waals surface area contributed by atoms with Crippen LogP contribution in [0.5, 0.6) is 0 Å². The molecular weight excluding hydrogens is 188 g/mol. The van der Waals surface area contributed by atoms with Crippen molar-refractivity contribution in [2.45, 2.75) is 19.3 Å². The summed E-state index contributed by atoms with van der Waals surface area (Å²) in [4.78, 5) is 6.76. The summed E-state index contributed by atoms with van der Waals surface area (Å²) in [6.07, 6.45) is 9.60. The molecule has 0 aliphatic carbocycles. The summed E-state index contributed by atoms with van der Waals surface area (Å²) in [5.74, 6) is 0. The summed E-state index contributed by atoms with van der Waals surface area (Å²) in [6, 6.07) is 1.90. The Morgan fingerprint density at radius 3 is 2.87 bits per heavy atom. The van der Waals surface area contributed by atoms with E-state index in [0.29, 0.717) is 0 Å². The van der Waals surface area contributed by atoms with Crippen molar-refractivity contribution in [3.8, 4) is 0 Å². The molecule has 0 saturated carbocycles. The van der Waals surface area contributed by atoms with Gasteiger partial charge in [-0.1, -0.05) is 0 Å². The van der Waals surface area contributed by atoms with E-state index >= 15 is 0 Å². The average Bonchev–Trinajstić information content (AvgIpc) is 2.74. The molecule has 1 aliphatic rings. The summed E-state index contributed by atoms with van der Waals surface area (Å²) in [6.45, 7) is 2.27. The van der Waals surface area contributed by atoms with E-state index < -0.39 is 0 Å². The average molecular weight is 202 g/mol. The first-order valence-electron chi connectivity index (χ1n) is 5.48. The topological polar surface area (TPSA) is 33.4 Å². The molecule has 0 spiro atoms. The zero-order valence-electron chi connectivity index (χ0n) is 8.63. The number of aromatic nitrogens is 3. The third-order valence-corrected chi connectivity index (χ3v) is 2.96. The highest BCUT2D eigenvalue weighted by Gasteiger charge is 2.15. The number of fused-ring (bicyclic) bond motifs is 1. The molecule has 2 aromatic heterocycles. The van der Waals surface area contributed by atoms with Crippen molar-refractivity contribution in [2.24, 2.45) is 0 Å². The van der Waals surface area contributed by atoms with E-state index in [1.165, 1.54) is 24.9 Å². The minimum atomic E-state index is 0.972. The Labute approximate surface area is 88.5 Å². The zero-order valence-corrected chi connectivity index (χ0v) is 8.63. The van der Waals surface area contributed by atoms with Gasteiger partial charge in [0.15, 0.2) is 5.65 Å². The molecule has 15 heavy (non-hydrogen) atoms. The van der Waals surface area contributed by atoms with Gasteiger partial charge in [-0.05, 0) is 25.3 Å². The standard InChI is InChI=1S/C11H14N4/c1-2-6-14(7-3-1)10-9-13-15-8-4-5-12-11(10)15/h4-5,8-9H,1-3,6-7H2. The molecule has 0 bridgehead atoms. The monoisotopic (exact) mass is 202 g/mol. The maximum atomic E-state index is 4.38. The Balaban J connectivity index is 2.02. The van der Waals surface area contributed by atoms with Gasteiger partial charge in [-0.25, -0.2) is 9.50 Å². The van der Waals surface area contributed by atoms with E-state index in [-0.39, 0.29) is 0 Å². The Hall–Kier alpha value is -1.58. The summed E-state index contributed by atoms with van der Waals surface area (Å²) in [5.41, 5.74) is 2.15. The Morgan fingerprint density at radius 2 is 2.00 bits per heavy atom. The van der Waals surface area contributed by atoms with Crippen LogP contribution in [0.2, 0.25) is 0 Å². The lowest BCUT2D eigenvalue weighted by Crippen LogP contribution is -2.29. The minimum Gasteiger partial charge on any atom is -0.367 e. The van der Waals surface area contributed by atoms with Crippen LogP contribution in [0.15, 0.2) is 24.7 Å². The van der Waals surface area contributed by atoms with Gasteiger partial charge in [0, 0.05) is 25.5 Å². The number of hydrogen-bond donors (Lipinski definition) is 0.